The van der Waals surface area contributed by atoms with Crippen molar-refractivity contribution >= 4 is 41.6 Å². The molecule has 0 aromatic heterocycles. The van der Waals surface area contributed by atoms with Gasteiger partial charge < -0.3 is 10.0 Å². The quantitative estimate of drug-likeness (QED) is 0.424. The molecular formula is C22H21Cl2N3O3. The third kappa shape index (κ3) is 4.20. The maximum absolute atomic E-state index is 12.8. The van der Waals surface area contributed by atoms with E-state index in [0.29, 0.717) is 10.0 Å². The van der Waals surface area contributed by atoms with E-state index >= 15 is 0 Å². The molecule has 1 heterocycles. The summed E-state index contributed by atoms with van der Waals surface area (Å²) >= 11 is 12.5. The number of carbonyl (C=O) groups excluding carboxylic acids is 2. The van der Waals surface area contributed by atoms with Crippen molar-refractivity contribution < 1.29 is 14.7 Å². The van der Waals surface area contributed by atoms with Crippen molar-refractivity contribution in [2.45, 2.75) is 18.9 Å². The van der Waals surface area contributed by atoms with Crippen LogP contribution in [0.1, 0.15) is 24.0 Å². The highest BCUT2D eigenvalue weighted by Gasteiger charge is 2.42. The Morgan fingerprint density at radius 3 is 2.13 bits per heavy atom. The number of aliphatic hydroxyl groups is 1. The molecule has 0 bridgehead atoms. The van der Waals surface area contributed by atoms with E-state index in [-0.39, 0.29) is 18.2 Å². The number of allylic oxidation sites excluding steroid dienone is 1. The summed E-state index contributed by atoms with van der Waals surface area (Å²) in [7, 11) is 1.61. The Balaban J connectivity index is 2.23. The first-order valence-electron chi connectivity index (χ1n) is 9.21. The summed E-state index contributed by atoms with van der Waals surface area (Å²) in [6, 6.07) is 14.2. The molecule has 0 radical (unpaired) electrons. The van der Waals surface area contributed by atoms with Crippen LogP contribution < -0.4 is 0 Å². The number of nitrogens with zero attached hydrogens (tertiary/aromatic N) is 3. The van der Waals surface area contributed by atoms with E-state index in [0.717, 1.165) is 11.1 Å². The standard InChI is InChI=1S/C22H21Cl2N3O3/c1-13(28)21(29)20-22(30)26(3)12-18(27(20)25-2)19(14-6-4-8-16(23)10-14)15-7-5-9-17(24)11-15/h4-11,18-19,29H,2,12H2,1,3H3/b21-20+. The maximum atomic E-state index is 12.8. The number of hydrazone groups is 1. The summed E-state index contributed by atoms with van der Waals surface area (Å²) in [6.07, 6.45) is 0. The van der Waals surface area contributed by atoms with E-state index in [4.69, 9.17) is 23.2 Å². The lowest BCUT2D eigenvalue weighted by Crippen LogP contribution is -2.54. The molecule has 1 aliphatic rings. The lowest BCUT2D eigenvalue weighted by atomic mass is 9.83. The average Bonchev–Trinajstić information content (AvgIpc) is 2.70. The van der Waals surface area contributed by atoms with Crippen molar-refractivity contribution in [2.24, 2.45) is 5.10 Å². The van der Waals surface area contributed by atoms with Crippen LogP contribution in [0.3, 0.4) is 0 Å². The van der Waals surface area contributed by atoms with E-state index in [1.807, 2.05) is 36.4 Å². The van der Waals surface area contributed by atoms with Gasteiger partial charge in [-0.2, -0.15) is 5.10 Å². The summed E-state index contributed by atoms with van der Waals surface area (Å²) in [5, 5.41) is 16.8. The van der Waals surface area contributed by atoms with Crippen LogP contribution in [-0.4, -0.2) is 53.1 Å². The van der Waals surface area contributed by atoms with Gasteiger partial charge in [-0.25, -0.2) is 0 Å². The number of benzene rings is 2. The van der Waals surface area contributed by atoms with Crippen LogP contribution in [0.25, 0.3) is 0 Å². The monoisotopic (exact) mass is 445 g/mol. The molecule has 1 N–H and O–H groups in total. The predicted molar refractivity (Wildman–Crippen MR) is 118 cm³/mol. The van der Waals surface area contributed by atoms with Crippen LogP contribution in [-0.2, 0) is 9.59 Å². The summed E-state index contributed by atoms with van der Waals surface area (Å²) in [4.78, 5) is 26.1. The fourth-order valence-corrected chi connectivity index (χ4v) is 4.12. The number of aliphatic hydroxyl groups excluding tert-OH is 1. The first kappa shape index (κ1) is 21.9. The minimum Gasteiger partial charge on any atom is -0.503 e. The molecule has 2 aromatic rings. The number of likely N-dealkylation sites (N-methyl/N-ethyl adjacent to an activating group) is 1. The molecule has 30 heavy (non-hydrogen) atoms. The van der Waals surface area contributed by atoms with E-state index in [2.05, 4.69) is 11.8 Å². The SMILES string of the molecule is C=NN1/C(=C(/O)C(C)=O)C(=O)N(C)CC1C(c1cccc(Cl)c1)c1cccc(Cl)c1. The minimum atomic E-state index is -0.653. The van der Waals surface area contributed by atoms with E-state index in [1.165, 1.54) is 16.8 Å². The Kier molecular flexibility index (Phi) is 6.48. The fraction of sp³-hybridized carbons (Fsp3) is 0.227. The summed E-state index contributed by atoms with van der Waals surface area (Å²) in [5.74, 6) is -2.14. The van der Waals surface area contributed by atoms with Gasteiger partial charge in [0.25, 0.3) is 5.91 Å². The van der Waals surface area contributed by atoms with Gasteiger partial charge in [-0.15, -0.1) is 0 Å². The number of halogens is 2. The van der Waals surface area contributed by atoms with Gasteiger partial charge in [0, 0.05) is 43.2 Å². The van der Waals surface area contributed by atoms with Gasteiger partial charge in [0.15, 0.2) is 17.2 Å². The van der Waals surface area contributed by atoms with Crippen LogP contribution in [0.4, 0.5) is 0 Å². The molecule has 1 aliphatic heterocycles. The summed E-state index contributed by atoms with van der Waals surface area (Å²) < 4.78 is 0. The predicted octanol–water partition coefficient (Wildman–Crippen LogP) is 4.24. The molecule has 8 heteroatoms. The molecule has 1 unspecified atom stereocenters. The molecule has 1 atom stereocenters. The van der Waals surface area contributed by atoms with Gasteiger partial charge in [-0.3, -0.25) is 14.6 Å². The highest BCUT2D eigenvalue weighted by Crippen LogP contribution is 2.37. The minimum absolute atomic E-state index is 0.203. The Labute approximate surface area is 185 Å². The Morgan fingerprint density at radius 1 is 1.17 bits per heavy atom. The van der Waals surface area contributed by atoms with Crippen molar-refractivity contribution in [3.05, 3.63) is 81.2 Å². The maximum Gasteiger partial charge on any atom is 0.275 e. The normalized spacial score (nSPS) is 18.6. The highest BCUT2D eigenvalue weighted by molar-refractivity contribution is 6.31. The molecule has 1 saturated heterocycles. The van der Waals surface area contributed by atoms with Gasteiger partial charge >= 0.3 is 0 Å². The van der Waals surface area contributed by atoms with Gasteiger partial charge in [0.1, 0.15) is 0 Å². The van der Waals surface area contributed by atoms with Gasteiger partial charge in [-0.1, -0.05) is 47.5 Å². The van der Waals surface area contributed by atoms with Crippen molar-refractivity contribution in [3.63, 3.8) is 0 Å². The van der Waals surface area contributed by atoms with Crippen LogP contribution >= 0.6 is 23.2 Å². The first-order chi connectivity index (χ1) is 14.2. The Hall–Kier alpha value is -2.83. The second kappa shape index (κ2) is 8.90. The number of carbonyl (C=O) groups is 2. The second-order valence-corrected chi connectivity index (χ2v) is 7.95. The van der Waals surface area contributed by atoms with Gasteiger partial charge in [0.05, 0.1) is 6.04 Å². The number of amides is 1. The van der Waals surface area contributed by atoms with E-state index in [1.54, 1.807) is 19.2 Å². The number of ketones is 1. The molecule has 3 rings (SSSR count). The van der Waals surface area contributed by atoms with Crippen LogP contribution in [0.15, 0.2) is 65.1 Å². The van der Waals surface area contributed by atoms with Crippen molar-refractivity contribution in [1.82, 2.24) is 9.91 Å². The Morgan fingerprint density at radius 2 is 1.70 bits per heavy atom. The second-order valence-electron chi connectivity index (χ2n) is 7.08. The van der Waals surface area contributed by atoms with Gasteiger partial charge in [0.2, 0.25) is 0 Å². The van der Waals surface area contributed by atoms with Crippen molar-refractivity contribution in [3.8, 4) is 0 Å². The number of hydrogen-bond donors (Lipinski definition) is 1. The molecule has 1 fully saturated rings. The van der Waals surface area contributed by atoms with Crippen LogP contribution in [0.5, 0.6) is 0 Å². The Bertz CT molecular complexity index is 992. The number of rotatable bonds is 5. The third-order valence-corrected chi connectivity index (χ3v) is 5.53. The zero-order valence-electron chi connectivity index (χ0n) is 16.5. The topological polar surface area (TPSA) is 73.2 Å². The fourth-order valence-electron chi connectivity index (χ4n) is 3.72. The zero-order valence-corrected chi connectivity index (χ0v) is 18.1. The lowest BCUT2D eigenvalue weighted by molar-refractivity contribution is -0.133. The largest absolute Gasteiger partial charge is 0.503 e. The zero-order chi connectivity index (χ0) is 22.0. The van der Waals surface area contributed by atoms with Crippen LogP contribution in [0.2, 0.25) is 10.0 Å². The number of Topliss-reactive ketones (excluding diaryl/α,β-unsaturated/α-hetero) is 1. The molecule has 156 valence electrons. The molecule has 2 aromatic carbocycles. The molecule has 0 aliphatic carbocycles. The third-order valence-electron chi connectivity index (χ3n) is 5.06. The molecule has 1 amide bonds. The molecule has 6 nitrogen and oxygen atoms in total. The van der Waals surface area contributed by atoms with E-state index < -0.39 is 23.5 Å². The van der Waals surface area contributed by atoms with E-state index in [9.17, 15) is 14.7 Å². The van der Waals surface area contributed by atoms with Gasteiger partial charge in [-0.05, 0) is 35.4 Å². The smallest absolute Gasteiger partial charge is 0.275 e. The van der Waals surface area contributed by atoms with Crippen molar-refractivity contribution in [2.75, 3.05) is 13.6 Å². The number of hydrogen-bond acceptors (Lipinski definition) is 5. The molecule has 0 spiro atoms. The summed E-state index contributed by atoms with van der Waals surface area (Å²) in [5.41, 5.74) is 1.53. The molecule has 0 saturated carbocycles. The first-order valence-corrected chi connectivity index (χ1v) is 9.96. The van der Waals surface area contributed by atoms with Crippen molar-refractivity contribution in [1.29, 1.82) is 0 Å². The van der Waals surface area contributed by atoms with Crippen LogP contribution in [0, 0.1) is 0 Å². The average molecular weight is 446 g/mol. The number of piperazine rings is 1. The lowest BCUT2D eigenvalue weighted by Gasteiger charge is -2.43. The highest BCUT2D eigenvalue weighted by atomic mass is 35.5. The summed E-state index contributed by atoms with van der Waals surface area (Å²) in [6.45, 7) is 5.05. The molecular weight excluding hydrogens is 425 g/mol.